The average molecular weight is 175 g/mol. The van der Waals surface area contributed by atoms with Crippen molar-refractivity contribution in [2.24, 2.45) is 0 Å². The van der Waals surface area contributed by atoms with E-state index in [9.17, 15) is 9.36 Å². The van der Waals surface area contributed by atoms with E-state index in [2.05, 4.69) is 14.7 Å². The van der Waals surface area contributed by atoms with Crippen LogP contribution in [0.25, 0.3) is 0 Å². The highest BCUT2D eigenvalue weighted by Crippen LogP contribution is 2.16. The van der Waals surface area contributed by atoms with Crippen LogP contribution in [0.4, 0.5) is 0 Å². The van der Waals surface area contributed by atoms with Gasteiger partial charge in [-0.1, -0.05) is 0 Å². The molecular weight excluding hydrogens is 171 g/mol. The summed E-state index contributed by atoms with van der Waals surface area (Å²) in [6, 6.07) is 1.33. The molecule has 0 saturated heterocycles. The molecule has 1 aromatic heterocycles. The molecule has 1 unspecified atom stereocenters. The Bertz CT molecular complexity index is 270. The summed E-state index contributed by atoms with van der Waals surface area (Å²) < 4.78 is 13.9. The van der Waals surface area contributed by atoms with Crippen molar-refractivity contribution in [1.29, 1.82) is 0 Å². The van der Waals surface area contributed by atoms with Crippen LogP contribution in [0, 0.1) is 0 Å². The van der Waals surface area contributed by atoms with Crippen molar-refractivity contribution in [3.63, 3.8) is 0 Å². The molecule has 1 aromatic rings. The van der Waals surface area contributed by atoms with Crippen LogP contribution in [0.1, 0.15) is 10.5 Å². The van der Waals surface area contributed by atoms with E-state index in [1.165, 1.54) is 12.3 Å². The third-order valence-corrected chi connectivity index (χ3v) is 1.20. The molecular formula is C4H4N2O4P+. The standard InChI is InChI=1S/C4H3N2O4P/c7-4(10-11(8)9)3-1-2-5-6-3/h1-2H,(H-,5,6,7,8,9)/p+1. The molecule has 7 heteroatoms. The lowest BCUT2D eigenvalue weighted by Crippen LogP contribution is -1.99. The Labute approximate surface area is 62.1 Å². The molecule has 0 fully saturated rings. The monoisotopic (exact) mass is 175 g/mol. The summed E-state index contributed by atoms with van der Waals surface area (Å²) in [4.78, 5) is 18.8. The highest BCUT2D eigenvalue weighted by Gasteiger charge is 2.22. The molecule has 1 heterocycles. The van der Waals surface area contributed by atoms with Crippen LogP contribution in [0.3, 0.4) is 0 Å². The van der Waals surface area contributed by atoms with Gasteiger partial charge >= 0.3 is 14.2 Å². The minimum absolute atomic E-state index is 0.0439. The molecule has 0 radical (unpaired) electrons. The van der Waals surface area contributed by atoms with Crippen LogP contribution in [0.5, 0.6) is 0 Å². The molecule has 0 aliphatic carbocycles. The summed E-state index contributed by atoms with van der Waals surface area (Å²) in [6.45, 7) is 0. The van der Waals surface area contributed by atoms with Gasteiger partial charge < -0.3 is 0 Å². The maximum atomic E-state index is 10.7. The van der Waals surface area contributed by atoms with E-state index in [1.807, 2.05) is 0 Å². The van der Waals surface area contributed by atoms with Gasteiger partial charge in [0.15, 0.2) is 0 Å². The molecule has 1 atom stereocenters. The van der Waals surface area contributed by atoms with Crippen LogP contribution < -0.4 is 0 Å². The first kappa shape index (κ1) is 7.84. The Morgan fingerprint density at radius 2 is 2.55 bits per heavy atom. The van der Waals surface area contributed by atoms with Crippen LogP contribution >= 0.6 is 8.25 Å². The maximum absolute atomic E-state index is 10.7. The topological polar surface area (TPSA) is 92.3 Å². The first-order valence-electron chi connectivity index (χ1n) is 2.58. The van der Waals surface area contributed by atoms with Gasteiger partial charge in [0, 0.05) is 10.8 Å². The van der Waals surface area contributed by atoms with Gasteiger partial charge in [0.25, 0.3) is 0 Å². The van der Waals surface area contributed by atoms with Gasteiger partial charge in [0.05, 0.1) is 0 Å². The fraction of sp³-hybridized carbons (Fsp3) is 0. The van der Waals surface area contributed by atoms with Gasteiger partial charge in [-0.3, -0.25) is 5.10 Å². The first-order chi connectivity index (χ1) is 5.20. The number of hydrogen-bond donors (Lipinski definition) is 2. The van der Waals surface area contributed by atoms with Gasteiger partial charge in [0.2, 0.25) is 0 Å². The Hall–Kier alpha value is -1.26. The van der Waals surface area contributed by atoms with Crippen molar-refractivity contribution < 1.29 is 18.8 Å². The number of hydrogen-bond acceptors (Lipinski definition) is 4. The number of rotatable bonds is 2. The second-order valence-electron chi connectivity index (χ2n) is 1.59. The minimum atomic E-state index is -2.89. The number of aromatic amines is 1. The summed E-state index contributed by atoms with van der Waals surface area (Å²) in [5.74, 6) is -0.897. The highest BCUT2D eigenvalue weighted by molar-refractivity contribution is 7.32. The number of H-pyrrole nitrogens is 1. The number of aromatic nitrogens is 2. The molecule has 0 aromatic carbocycles. The highest BCUT2D eigenvalue weighted by atomic mass is 31.1. The van der Waals surface area contributed by atoms with Crippen LogP contribution in [0.2, 0.25) is 0 Å². The summed E-state index contributed by atoms with van der Waals surface area (Å²) in [5.41, 5.74) is 0.0439. The first-order valence-corrected chi connectivity index (χ1v) is 3.71. The van der Waals surface area contributed by atoms with E-state index in [4.69, 9.17) is 4.89 Å². The normalized spacial score (nSPS) is 10.8. The molecule has 6 nitrogen and oxygen atoms in total. The maximum Gasteiger partial charge on any atom is 0.750 e. The second-order valence-corrected chi connectivity index (χ2v) is 2.25. The molecule has 0 aliphatic rings. The van der Waals surface area contributed by atoms with E-state index < -0.39 is 14.2 Å². The van der Waals surface area contributed by atoms with Crippen LogP contribution in [-0.2, 0) is 9.09 Å². The Kier molecular flexibility index (Phi) is 2.30. The predicted octanol–water partition coefficient (Wildman–Crippen LogP) is 0.216. The largest absolute Gasteiger partial charge is 0.750 e. The fourth-order valence-electron chi connectivity index (χ4n) is 0.490. The predicted molar refractivity (Wildman–Crippen MR) is 33.8 cm³/mol. The lowest BCUT2D eigenvalue weighted by atomic mass is 10.5. The Morgan fingerprint density at radius 1 is 1.82 bits per heavy atom. The van der Waals surface area contributed by atoms with Crippen molar-refractivity contribution in [3.05, 3.63) is 18.0 Å². The number of nitrogens with zero attached hydrogens (tertiary/aromatic N) is 1. The van der Waals surface area contributed by atoms with E-state index >= 15 is 0 Å². The van der Waals surface area contributed by atoms with Crippen molar-refractivity contribution in [2.45, 2.75) is 0 Å². The summed E-state index contributed by atoms with van der Waals surface area (Å²) in [5, 5.41) is 5.73. The smallest absolute Gasteiger partial charge is 0.271 e. The van der Waals surface area contributed by atoms with E-state index in [0.29, 0.717) is 0 Å². The molecule has 0 aliphatic heterocycles. The van der Waals surface area contributed by atoms with E-state index in [1.54, 1.807) is 0 Å². The van der Waals surface area contributed by atoms with Crippen LogP contribution in [-0.4, -0.2) is 21.1 Å². The SMILES string of the molecule is O=C(O[P+](=O)O)c1ccn[nH]1. The molecule has 0 amide bonds. The summed E-state index contributed by atoms with van der Waals surface area (Å²) in [6.07, 6.45) is 1.33. The molecule has 1 rings (SSSR count). The van der Waals surface area contributed by atoms with Crippen molar-refractivity contribution in [2.75, 3.05) is 0 Å². The zero-order chi connectivity index (χ0) is 8.27. The lowest BCUT2D eigenvalue weighted by molar-refractivity contribution is 0.0724. The molecule has 11 heavy (non-hydrogen) atoms. The summed E-state index contributed by atoms with van der Waals surface area (Å²) in [7, 11) is -2.89. The molecule has 0 saturated carbocycles. The number of nitrogens with one attached hydrogen (secondary N) is 1. The number of carbonyl (C=O) groups is 1. The lowest BCUT2D eigenvalue weighted by Gasteiger charge is -1.82. The van der Waals surface area contributed by atoms with Gasteiger partial charge in [-0.05, 0) is 6.07 Å². The third kappa shape index (κ3) is 2.10. The van der Waals surface area contributed by atoms with E-state index in [0.717, 1.165) is 0 Å². The summed E-state index contributed by atoms with van der Waals surface area (Å²) >= 11 is 0. The van der Waals surface area contributed by atoms with Gasteiger partial charge in [-0.15, -0.1) is 4.89 Å². The fourth-order valence-corrected chi connectivity index (χ4v) is 0.730. The molecule has 0 bridgehead atoms. The number of carbonyl (C=O) groups excluding carboxylic acids is 1. The van der Waals surface area contributed by atoms with Gasteiger partial charge in [-0.2, -0.15) is 9.62 Å². The minimum Gasteiger partial charge on any atom is -0.271 e. The van der Waals surface area contributed by atoms with Gasteiger partial charge in [0.1, 0.15) is 5.69 Å². The second kappa shape index (κ2) is 3.23. The Morgan fingerprint density at radius 3 is 3.00 bits per heavy atom. The molecule has 0 spiro atoms. The average Bonchev–Trinajstić information content (AvgIpc) is 2.35. The third-order valence-electron chi connectivity index (χ3n) is 0.882. The molecule has 58 valence electrons. The van der Waals surface area contributed by atoms with Gasteiger partial charge in [-0.25, -0.2) is 4.79 Å². The van der Waals surface area contributed by atoms with Crippen molar-refractivity contribution in [1.82, 2.24) is 10.2 Å². The quantitative estimate of drug-likeness (QED) is 0.627. The van der Waals surface area contributed by atoms with Crippen molar-refractivity contribution in [3.8, 4) is 0 Å². The molecule has 2 N–H and O–H groups in total. The zero-order valence-electron chi connectivity index (χ0n) is 5.22. The zero-order valence-corrected chi connectivity index (χ0v) is 6.12. The van der Waals surface area contributed by atoms with Crippen LogP contribution in [0.15, 0.2) is 12.3 Å². The van der Waals surface area contributed by atoms with Crippen molar-refractivity contribution >= 4 is 14.2 Å². The Balaban J connectivity index is 2.64. The van der Waals surface area contributed by atoms with E-state index in [-0.39, 0.29) is 5.69 Å².